The van der Waals surface area contributed by atoms with E-state index in [4.69, 9.17) is 13.9 Å². The molecule has 0 radical (unpaired) electrons. The number of furan rings is 1. The molecule has 1 aromatic heterocycles. The summed E-state index contributed by atoms with van der Waals surface area (Å²) in [5.41, 5.74) is 0.402. The number of sulfonamides is 1. The fourth-order valence-corrected chi connectivity index (χ4v) is 4.17. The fourth-order valence-electron chi connectivity index (χ4n) is 2.68. The summed E-state index contributed by atoms with van der Waals surface area (Å²) in [6, 6.07) is 6.74. The minimum atomic E-state index is -3.59. The van der Waals surface area contributed by atoms with Crippen molar-refractivity contribution in [3.63, 3.8) is 0 Å². The Morgan fingerprint density at radius 2 is 2.04 bits per heavy atom. The molecule has 0 amide bonds. The minimum Gasteiger partial charge on any atom is -0.502 e. The van der Waals surface area contributed by atoms with E-state index < -0.39 is 21.7 Å². The first kappa shape index (κ1) is 17.2. The normalized spacial score (nSPS) is 16.0. The molecule has 8 nitrogen and oxygen atoms in total. The average Bonchev–Trinajstić information content (AvgIpc) is 3.07. The van der Waals surface area contributed by atoms with Crippen LogP contribution < -0.4 is 13.8 Å². The van der Waals surface area contributed by atoms with Gasteiger partial charge in [0, 0.05) is 13.5 Å². The minimum absolute atomic E-state index is 0.0363. The molecule has 9 heteroatoms. The molecule has 0 atom stereocenters. The maximum Gasteiger partial charge on any atom is 0.308 e. The van der Waals surface area contributed by atoms with Gasteiger partial charge in [0.15, 0.2) is 5.76 Å². The number of hydrogen-bond acceptors (Lipinski definition) is 7. The summed E-state index contributed by atoms with van der Waals surface area (Å²) < 4.78 is 41.3. The number of rotatable bonds is 4. The van der Waals surface area contributed by atoms with Crippen LogP contribution in [0.2, 0.25) is 0 Å². The van der Waals surface area contributed by atoms with Crippen molar-refractivity contribution in [1.82, 2.24) is 0 Å². The maximum atomic E-state index is 12.2. The van der Waals surface area contributed by atoms with Crippen LogP contribution in [0.1, 0.15) is 13.3 Å². The molecule has 0 spiro atoms. The SMILES string of the molecule is COc1ccccc1-c1oc(N2CCCS2(=O)=O)c(OC(C)=O)c1O. The molecule has 1 aliphatic rings. The molecular formula is C16H17NO7S. The highest BCUT2D eigenvalue weighted by Crippen LogP contribution is 2.50. The predicted molar refractivity (Wildman–Crippen MR) is 89.4 cm³/mol. The molecule has 0 bridgehead atoms. The van der Waals surface area contributed by atoms with Crippen molar-refractivity contribution in [3.8, 4) is 28.6 Å². The van der Waals surface area contributed by atoms with E-state index >= 15 is 0 Å². The average molecular weight is 367 g/mol. The van der Waals surface area contributed by atoms with Gasteiger partial charge in [0.2, 0.25) is 21.5 Å². The topological polar surface area (TPSA) is 106 Å². The summed E-state index contributed by atoms with van der Waals surface area (Å²) in [4.78, 5) is 11.4. The second kappa shape index (κ2) is 6.32. The van der Waals surface area contributed by atoms with Crippen LogP contribution in [0.15, 0.2) is 28.7 Å². The van der Waals surface area contributed by atoms with Crippen molar-refractivity contribution in [2.45, 2.75) is 13.3 Å². The van der Waals surface area contributed by atoms with Crippen LogP contribution >= 0.6 is 0 Å². The number of aromatic hydroxyl groups is 1. The van der Waals surface area contributed by atoms with Crippen molar-refractivity contribution in [2.75, 3.05) is 23.7 Å². The smallest absolute Gasteiger partial charge is 0.308 e. The predicted octanol–water partition coefficient (Wildman–Crippen LogP) is 2.13. The van der Waals surface area contributed by atoms with Crippen LogP contribution in [0.3, 0.4) is 0 Å². The van der Waals surface area contributed by atoms with Gasteiger partial charge in [-0.15, -0.1) is 0 Å². The van der Waals surface area contributed by atoms with Crippen LogP contribution in [0, 0.1) is 0 Å². The van der Waals surface area contributed by atoms with E-state index in [0.717, 1.165) is 11.2 Å². The molecule has 25 heavy (non-hydrogen) atoms. The van der Waals surface area contributed by atoms with E-state index in [9.17, 15) is 18.3 Å². The van der Waals surface area contributed by atoms with Crippen molar-refractivity contribution >= 4 is 21.9 Å². The molecule has 3 rings (SSSR count). The zero-order valence-corrected chi connectivity index (χ0v) is 14.5. The van der Waals surface area contributed by atoms with Crippen LogP contribution in [-0.2, 0) is 14.8 Å². The number of nitrogens with zero attached hydrogens (tertiary/aromatic N) is 1. The molecule has 1 saturated heterocycles. The van der Waals surface area contributed by atoms with Crippen molar-refractivity contribution in [2.24, 2.45) is 0 Å². The van der Waals surface area contributed by atoms with Crippen molar-refractivity contribution in [3.05, 3.63) is 24.3 Å². The third-order valence-corrected chi connectivity index (χ3v) is 5.57. The largest absolute Gasteiger partial charge is 0.502 e. The highest BCUT2D eigenvalue weighted by Gasteiger charge is 2.37. The Kier molecular flexibility index (Phi) is 4.34. The van der Waals surface area contributed by atoms with Gasteiger partial charge in [0.25, 0.3) is 5.88 Å². The lowest BCUT2D eigenvalue weighted by Gasteiger charge is -2.14. The Morgan fingerprint density at radius 3 is 2.64 bits per heavy atom. The first-order valence-corrected chi connectivity index (χ1v) is 9.14. The molecule has 1 aliphatic heterocycles. The highest BCUT2D eigenvalue weighted by atomic mass is 32.2. The van der Waals surface area contributed by atoms with Crippen molar-refractivity contribution < 1.29 is 32.2 Å². The Bertz CT molecular complexity index is 917. The van der Waals surface area contributed by atoms with Crippen LogP contribution in [0.4, 0.5) is 5.88 Å². The maximum absolute atomic E-state index is 12.2. The second-order valence-corrected chi connectivity index (χ2v) is 7.46. The molecule has 0 unspecified atom stereocenters. The lowest BCUT2D eigenvalue weighted by atomic mass is 10.1. The van der Waals surface area contributed by atoms with E-state index in [-0.39, 0.29) is 29.7 Å². The molecule has 134 valence electrons. The van der Waals surface area contributed by atoms with Gasteiger partial charge in [-0.2, -0.15) is 0 Å². The third-order valence-electron chi connectivity index (χ3n) is 3.75. The molecule has 0 aliphatic carbocycles. The van der Waals surface area contributed by atoms with E-state index in [1.165, 1.54) is 7.11 Å². The summed E-state index contributed by atoms with van der Waals surface area (Å²) in [7, 11) is -2.14. The first-order valence-electron chi connectivity index (χ1n) is 7.53. The van der Waals surface area contributed by atoms with Gasteiger partial charge in [0.05, 0.1) is 18.4 Å². The second-order valence-electron chi connectivity index (χ2n) is 5.45. The van der Waals surface area contributed by atoms with Gasteiger partial charge in [0.1, 0.15) is 5.75 Å². The fraction of sp³-hybridized carbons (Fsp3) is 0.312. The zero-order chi connectivity index (χ0) is 18.2. The van der Waals surface area contributed by atoms with Crippen molar-refractivity contribution in [1.29, 1.82) is 0 Å². The third kappa shape index (κ3) is 3.02. The lowest BCUT2D eigenvalue weighted by Crippen LogP contribution is -2.25. The number of esters is 1. The summed E-state index contributed by atoms with van der Waals surface area (Å²) in [5.74, 6) is -1.37. The number of hydrogen-bond donors (Lipinski definition) is 1. The van der Waals surface area contributed by atoms with Crippen LogP contribution in [-0.4, -0.2) is 38.9 Å². The van der Waals surface area contributed by atoms with Gasteiger partial charge in [-0.25, -0.2) is 12.7 Å². The summed E-state index contributed by atoms with van der Waals surface area (Å²) in [6.07, 6.45) is 0.410. The van der Waals surface area contributed by atoms with Gasteiger partial charge in [-0.3, -0.25) is 4.79 Å². The summed E-state index contributed by atoms with van der Waals surface area (Å²) in [5, 5.41) is 10.5. The molecule has 2 aromatic rings. The van der Waals surface area contributed by atoms with E-state index in [1.807, 2.05) is 0 Å². The van der Waals surface area contributed by atoms with E-state index in [2.05, 4.69) is 0 Å². The Hall–Kier alpha value is -2.68. The van der Waals surface area contributed by atoms with Gasteiger partial charge < -0.3 is 19.0 Å². The monoisotopic (exact) mass is 367 g/mol. The standard InChI is InChI=1S/C16H17NO7S/c1-10(18)23-15-13(19)14(11-6-3-4-7-12(11)22-2)24-16(15)17-8-5-9-25(17,20)21/h3-4,6-7,19H,5,8-9H2,1-2H3. The summed E-state index contributed by atoms with van der Waals surface area (Å²) in [6.45, 7) is 1.33. The van der Waals surface area contributed by atoms with E-state index in [0.29, 0.717) is 17.7 Å². The molecule has 1 fully saturated rings. The molecular weight excluding hydrogens is 350 g/mol. The Balaban J connectivity index is 2.20. The Labute approximate surface area is 144 Å². The zero-order valence-electron chi connectivity index (χ0n) is 13.7. The number of para-hydroxylation sites is 1. The van der Waals surface area contributed by atoms with Gasteiger partial charge in [-0.1, -0.05) is 12.1 Å². The number of carbonyl (C=O) groups excluding carboxylic acids is 1. The van der Waals surface area contributed by atoms with E-state index in [1.54, 1.807) is 24.3 Å². The molecule has 1 aromatic carbocycles. The first-order chi connectivity index (χ1) is 11.8. The van der Waals surface area contributed by atoms with Gasteiger partial charge in [-0.05, 0) is 18.6 Å². The molecule has 1 N–H and O–H groups in total. The van der Waals surface area contributed by atoms with Crippen LogP contribution in [0.25, 0.3) is 11.3 Å². The molecule has 2 heterocycles. The Morgan fingerprint density at radius 1 is 1.32 bits per heavy atom. The quantitative estimate of drug-likeness (QED) is 0.825. The lowest BCUT2D eigenvalue weighted by molar-refractivity contribution is -0.132. The number of anilines is 1. The highest BCUT2D eigenvalue weighted by molar-refractivity contribution is 7.93. The molecule has 0 saturated carbocycles. The number of carbonyl (C=O) groups is 1. The number of ether oxygens (including phenoxy) is 2. The van der Waals surface area contributed by atoms with Gasteiger partial charge >= 0.3 is 5.97 Å². The summed E-state index contributed by atoms with van der Waals surface area (Å²) >= 11 is 0. The number of methoxy groups -OCH3 is 1. The van der Waals surface area contributed by atoms with Crippen LogP contribution in [0.5, 0.6) is 17.2 Å². The number of benzene rings is 1.